The first kappa shape index (κ1) is 22.1. The van der Waals surface area contributed by atoms with Crippen molar-refractivity contribution in [1.29, 1.82) is 0 Å². The highest BCUT2D eigenvalue weighted by Crippen LogP contribution is 2.57. The number of anilines is 1. The summed E-state index contributed by atoms with van der Waals surface area (Å²) >= 11 is 1.46. The quantitative estimate of drug-likeness (QED) is 0.507. The second-order valence-corrected chi connectivity index (χ2v) is 10.4. The van der Waals surface area contributed by atoms with Crippen LogP contribution in [-0.4, -0.2) is 30.1 Å². The third kappa shape index (κ3) is 3.60. The van der Waals surface area contributed by atoms with Crippen molar-refractivity contribution in [3.8, 4) is 0 Å². The Bertz CT molecular complexity index is 957. The van der Waals surface area contributed by atoms with Crippen LogP contribution in [0.5, 0.6) is 0 Å². The topological polar surface area (TPSA) is 92.7 Å². The summed E-state index contributed by atoms with van der Waals surface area (Å²) in [7, 11) is 1.35. The number of carbonyl (C=O) groups is 3. The molecule has 3 aliphatic rings. The first-order chi connectivity index (χ1) is 14.8. The van der Waals surface area contributed by atoms with Crippen LogP contribution >= 0.6 is 11.3 Å². The summed E-state index contributed by atoms with van der Waals surface area (Å²) in [5.74, 6) is -2.44. The molecule has 5 atom stereocenters. The van der Waals surface area contributed by atoms with Crippen LogP contribution < -0.4 is 5.32 Å². The molecule has 1 heterocycles. The monoisotopic (exact) mass is 445 g/mol. The predicted molar refractivity (Wildman–Crippen MR) is 119 cm³/mol. The number of carboxylic acids is 1. The van der Waals surface area contributed by atoms with Gasteiger partial charge in [0.2, 0.25) is 5.91 Å². The molecule has 0 unspecified atom stereocenters. The molecule has 1 aromatic rings. The van der Waals surface area contributed by atoms with Gasteiger partial charge in [-0.15, -0.1) is 11.3 Å². The molecule has 0 radical (unpaired) electrons. The van der Waals surface area contributed by atoms with Crippen LogP contribution in [0.1, 0.15) is 67.3 Å². The average Bonchev–Trinajstić information content (AvgIpc) is 3.41. The summed E-state index contributed by atoms with van der Waals surface area (Å²) in [6.45, 7) is 6.19. The van der Waals surface area contributed by atoms with Gasteiger partial charge >= 0.3 is 11.9 Å². The van der Waals surface area contributed by atoms with Crippen molar-refractivity contribution < 1.29 is 24.2 Å². The number of carbonyl (C=O) groups excluding carboxylic acids is 2. The van der Waals surface area contributed by atoms with E-state index >= 15 is 0 Å². The molecule has 2 N–H and O–H groups in total. The van der Waals surface area contributed by atoms with E-state index in [2.05, 4.69) is 12.2 Å². The summed E-state index contributed by atoms with van der Waals surface area (Å²) < 4.78 is 5.03. The fourth-order valence-electron chi connectivity index (χ4n) is 6.21. The SMILES string of the molecule is CC[C@H]1CCc2c(sc(NC(=O)[C@@H]3[C@@H](C(=O)O)[C@@H]4CC[C@@H]3C4=C(C)C)c2C(=O)OC)C1. The maximum absolute atomic E-state index is 13.4. The molecule has 1 aromatic heterocycles. The number of hydrogen-bond acceptors (Lipinski definition) is 5. The Morgan fingerprint density at radius 1 is 1.13 bits per heavy atom. The van der Waals surface area contributed by atoms with Crippen LogP contribution in [0.4, 0.5) is 5.00 Å². The van der Waals surface area contributed by atoms with Gasteiger partial charge in [-0.1, -0.05) is 24.5 Å². The van der Waals surface area contributed by atoms with Crippen LogP contribution in [0.3, 0.4) is 0 Å². The number of amides is 1. The Kier molecular flexibility index (Phi) is 5.99. The molecule has 6 nitrogen and oxygen atoms in total. The third-order valence-corrected chi connectivity index (χ3v) is 8.75. The molecule has 7 heteroatoms. The molecule has 2 fully saturated rings. The smallest absolute Gasteiger partial charge is 0.341 e. The molecular weight excluding hydrogens is 414 g/mol. The Morgan fingerprint density at radius 2 is 1.81 bits per heavy atom. The molecule has 0 aromatic carbocycles. The van der Waals surface area contributed by atoms with Crippen molar-refractivity contribution in [3.05, 3.63) is 27.2 Å². The maximum atomic E-state index is 13.4. The largest absolute Gasteiger partial charge is 0.481 e. The number of ether oxygens (including phenoxy) is 1. The number of rotatable bonds is 5. The first-order valence-electron chi connectivity index (χ1n) is 11.2. The number of carboxylic acid groups (broad SMARTS) is 1. The number of fused-ring (bicyclic) bond motifs is 3. The number of hydrogen-bond donors (Lipinski definition) is 2. The van der Waals surface area contributed by atoms with Crippen molar-refractivity contribution in [1.82, 2.24) is 0 Å². The van der Waals surface area contributed by atoms with E-state index in [1.54, 1.807) is 0 Å². The molecule has 2 bridgehead atoms. The molecule has 168 valence electrons. The summed E-state index contributed by atoms with van der Waals surface area (Å²) in [5, 5.41) is 13.4. The van der Waals surface area contributed by atoms with Crippen molar-refractivity contribution in [2.75, 3.05) is 12.4 Å². The standard InChI is InChI=1S/C24H31NO5S/c1-5-12-6-7-13-16(10-12)31-22(20(13)24(29)30-4)25-21(26)18-14-8-9-15(17(14)11(2)3)19(18)23(27)28/h12,14-15,18-19H,5-10H2,1-4H3,(H,25,26)(H,27,28)/t12-,14+,15+,18-,19-/m0/s1. The second-order valence-electron chi connectivity index (χ2n) is 9.34. The van der Waals surface area contributed by atoms with Crippen LogP contribution in [0, 0.1) is 29.6 Å². The lowest BCUT2D eigenvalue weighted by Gasteiger charge is -2.26. The number of esters is 1. The highest BCUT2D eigenvalue weighted by molar-refractivity contribution is 7.17. The van der Waals surface area contributed by atoms with E-state index in [0.29, 0.717) is 16.5 Å². The van der Waals surface area contributed by atoms with Crippen LogP contribution in [-0.2, 0) is 27.2 Å². The fraction of sp³-hybridized carbons (Fsp3) is 0.625. The van der Waals surface area contributed by atoms with Crippen LogP contribution in [0.2, 0.25) is 0 Å². The molecule has 0 saturated heterocycles. The molecule has 2 saturated carbocycles. The van der Waals surface area contributed by atoms with Crippen molar-refractivity contribution in [3.63, 3.8) is 0 Å². The van der Waals surface area contributed by atoms with E-state index < -0.39 is 23.8 Å². The van der Waals surface area contributed by atoms with Crippen LogP contribution in [0.25, 0.3) is 0 Å². The van der Waals surface area contributed by atoms with Crippen LogP contribution in [0.15, 0.2) is 11.1 Å². The number of methoxy groups -OCH3 is 1. The Labute approximate surface area is 187 Å². The highest BCUT2D eigenvalue weighted by atomic mass is 32.1. The van der Waals surface area contributed by atoms with Crippen molar-refractivity contribution in [2.45, 2.75) is 59.3 Å². The van der Waals surface area contributed by atoms with Gasteiger partial charge < -0.3 is 15.2 Å². The Balaban J connectivity index is 1.67. The van der Waals surface area contributed by atoms with Gasteiger partial charge in [0.25, 0.3) is 0 Å². The zero-order valence-corrected chi connectivity index (χ0v) is 19.4. The highest BCUT2D eigenvalue weighted by Gasteiger charge is 2.57. The van der Waals surface area contributed by atoms with Crippen molar-refractivity contribution >= 4 is 34.2 Å². The van der Waals surface area contributed by atoms with Gasteiger partial charge in [0, 0.05) is 4.88 Å². The fourth-order valence-corrected chi connectivity index (χ4v) is 7.56. The number of thiophene rings is 1. The van der Waals surface area contributed by atoms with Gasteiger partial charge in [-0.2, -0.15) is 0 Å². The molecule has 1 amide bonds. The molecule has 4 rings (SSSR count). The van der Waals surface area contributed by atoms with E-state index in [-0.39, 0.29) is 17.7 Å². The second kappa shape index (κ2) is 8.41. The van der Waals surface area contributed by atoms with E-state index in [9.17, 15) is 19.5 Å². The summed E-state index contributed by atoms with van der Waals surface area (Å²) in [4.78, 5) is 39.3. The van der Waals surface area contributed by atoms with E-state index in [0.717, 1.165) is 60.1 Å². The van der Waals surface area contributed by atoms with E-state index in [1.807, 2.05) is 13.8 Å². The summed E-state index contributed by atoms with van der Waals surface area (Å²) in [6, 6.07) is 0. The maximum Gasteiger partial charge on any atom is 0.341 e. The average molecular weight is 446 g/mol. The number of nitrogens with one attached hydrogen (secondary N) is 1. The lowest BCUT2D eigenvalue weighted by molar-refractivity contribution is -0.148. The lowest BCUT2D eigenvalue weighted by Crippen LogP contribution is -2.38. The van der Waals surface area contributed by atoms with Gasteiger partial charge in [0.15, 0.2) is 0 Å². The summed E-state index contributed by atoms with van der Waals surface area (Å²) in [5.41, 5.74) is 3.73. The zero-order chi connectivity index (χ0) is 22.4. The third-order valence-electron chi connectivity index (χ3n) is 7.58. The lowest BCUT2D eigenvalue weighted by atomic mass is 9.78. The van der Waals surface area contributed by atoms with Gasteiger partial charge in [0.1, 0.15) is 5.00 Å². The minimum atomic E-state index is -0.907. The van der Waals surface area contributed by atoms with Gasteiger partial charge in [-0.25, -0.2) is 4.79 Å². The first-order valence-corrected chi connectivity index (χ1v) is 12.0. The van der Waals surface area contributed by atoms with E-state index in [1.165, 1.54) is 18.4 Å². The number of aliphatic carboxylic acids is 1. The van der Waals surface area contributed by atoms with Gasteiger partial charge in [-0.3, -0.25) is 9.59 Å². The van der Waals surface area contributed by atoms with Gasteiger partial charge in [-0.05, 0) is 69.3 Å². The van der Waals surface area contributed by atoms with Gasteiger partial charge in [0.05, 0.1) is 24.5 Å². The normalized spacial score (nSPS) is 28.9. The minimum absolute atomic E-state index is 0.0308. The molecule has 0 spiro atoms. The summed E-state index contributed by atoms with van der Waals surface area (Å²) in [6.07, 6.45) is 5.49. The predicted octanol–water partition coefficient (Wildman–Crippen LogP) is 4.68. The molecular formula is C24H31NO5S. The minimum Gasteiger partial charge on any atom is -0.481 e. The van der Waals surface area contributed by atoms with E-state index in [4.69, 9.17) is 4.74 Å². The Morgan fingerprint density at radius 3 is 2.39 bits per heavy atom. The number of allylic oxidation sites excluding steroid dienone is 2. The molecule has 3 aliphatic carbocycles. The Hall–Kier alpha value is -2.15. The zero-order valence-electron chi connectivity index (χ0n) is 18.6. The molecule has 0 aliphatic heterocycles. The van der Waals surface area contributed by atoms with Crippen molar-refractivity contribution in [2.24, 2.45) is 29.6 Å². The molecule has 31 heavy (non-hydrogen) atoms.